The third-order valence-electron chi connectivity index (χ3n) is 3.82. The van der Waals surface area contributed by atoms with E-state index in [1.54, 1.807) is 24.3 Å². The van der Waals surface area contributed by atoms with Gasteiger partial charge < -0.3 is 18.9 Å². The van der Waals surface area contributed by atoms with Crippen LogP contribution in [0.5, 0.6) is 23.0 Å². The maximum Gasteiger partial charge on any atom is 0.185 e. The molecule has 0 bridgehead atoms. The van der Waals surface area contributed by atoms with E-state index in [-0.39, 0.29) is 5.78 Å². The van der Waals surface area contributed by atoms with Gasteiger partial charge in [-0.1, -0.05) is 12.1 Å². The van der Waals surface area contributed by atoms with E-state index in [1.165, 1.54) is 6.08 Å². The first-order valence-corrected chi connectivity index (χ1v) is 7.81. The average Bonchev–Trinajstić information content (AvgIpc) is 2.65. The van der Waals surface area contributed by atoms with Gasteiger partial charge in [-0.15, -0.1) is 0 Å². The molecule has 122 valence electrons. The zero-order valence-corrected chi connectivity index (χ0v) is 13.0. The summed E-state index contributed by atoms with van der Waals surface area (Å²) >= 11 is 0. The molecule has 2 heterocycles. The lowest BCUT2D eigenvalue weighted by Gasteiger charge is -2.18. The molecular formula is C19H16O5. The minimum atomic E-state index is -0.0955. The Balaban J connectivity index is 1.52. The Morgan fingerprint density at radius 1 is 0.750 bits per heavy atom. The molecular weight excluding hydrogens is 308 g/mol. The van der Waals surface area contributed by atoms with Gasteiger partial charge in [0, 0.05) is 5.56 Å². The molecule has 0 saturated carbocycles. The molecule has 4 rings (SSSR count). The quantitative estimate of drug-likeness (QED) is 0.641. The van der Waals surface area contributed by atoms with Gasteiger partial charge in [-0.05, 0) is 42.0 Å². The summed E-state index contributed by atoms with van der Waals surface area (Å²) in [6.45, 7) is 2.13. The first-order chi connectivity index (χ1) is 11.8. The number of carbonyl (C=O) groups excluding carboxylic acids is 1. The smallest absolute Gasteiger partial charge is 0.185 e. The molecule has 0 radical (unpaired) electrons. The second-order valence-corrected chi connectivity index (χ2v) is 5.46. The summed E-state index contributed by atoms with van der Waals surface area (Å²) in [6, 6.07) is 10.8. The number of hydrogen-bond donors (Lipinski definition) is 0. The predicted octanol–water partition coefficient (Wildman–Crippen LogP) is 3.13. The molecule has 24 heavy (non-hydrogen) atoms. The number of benzene rings is 2. The molecule has 2 aliphatic heterocycles. The molecule has 2 aliphatic rings. The summed E-state index contributed by atoms with van der Waals surface area (Å²) in [4.78, 5) is 12.4. The molecule has 2 aromatic rings. The Kier molecular flexibility index (Phi) is 3.83. The van der Waals surface area contributed by atoms with Gasteiger partial charge in [-0.25, -0.2) is 0 Å². The summed E-state index contributed by atoms with van der Waals surface area (Å²) in [7, 11) is 0. The standard InChI is InChI=1S/C19H16O5/c20-15(14-3-6-17-19(12-14)24-10-8-22-17)4-1-13-2-5-16-18(11-13)23-9-7-21-16/h1-6,11-12H,7-10H2. The first kappa shape index (κ1) is 14.6. The van der Waals surface area contributed by atoms with Crippen LogP contribution < -0.4 is 18.9 Å². The summed E-state index contributed by atoms with van der Waals surface area (Å²) in [5.41, 5.74) is 1.44. The molecule has 0 unspecified atom stereocenters. The van der Waals surface area contributed by atoms with Crippen LogP contribution in [0.4, 0.5) is 0 Å². The Bertz CT molecular complexity index is 809. The highest BCUT2D eigenvalue weighted by Gasteiger charge is 2.14. The fourth-order valence-electron chi connectivity index (χ4n) is 2.63. The van der Waals surface area contributed by atoms with Crippen LogP contribution in [0.25, 0.3) is 6.08 Å². The van der Waals surface area contributed by atoms with Crippen molar-refractivity contribution in [2.75, 3.05) is 26.4 Å². The van der Waals surface area contributed by atoms with Crippen LogP contribution in [0.15, 0.2) is 42.5 Å². The van der Waals surface area contributed by atoms with E-state index < -0.39 is 0 Å². The second-order valence-electron chi connectivity index (χ2n) is 5.46. The highest BCUT2D eigenvalue weighted by Crippen LogP contribution is 2.32. The Hall–Kier alpha value is -2.95. The topological polar surface area (TPSA) is 54.0 Å². The van der Waals surface area contributed by atoms with E-state index in [2.05, 4.69) is 0 Å². The molecule has 0 N–H and O–H groups in total. The zero-order valence-electron chi connectivity index (χ0n) is 13.0. The fraction of sp³-hybridized carbons (Fsp3) is 0.211. The number of fused-ring (bicyclic) bond motifs is 2. The highest BCUT2D eigenvalue weighted by atomic mass is 16.6. The lowest BCUT2D eigenvalue weighted by molar-refractivity contribution is 0.104. The zero-order chi connectivity index (χ0) is 16.4. The monoisotopic (exact) mass is 324 g/mol. The SMILES string of the molecule is O=C(C=Cc1ccc2c(c1)OCCO2)c1ccc2c(c1)OCCO2. The van der Waals surface area contributed by atoms with Crippen molar-refractivity contribution in [2.24, 2.45) is 0 Å². The van der Waals surface area contributed by atoms with Crippen molar-refractivity contribution in [1.82, 2.24) is 0 Å². The lowest BCUT2D eigenvalue weighted by atomic mass is 10.1. The van der Waals surface area contributed by atoms with Crippen LogP contribution in [-0.4, -0.2) is 32.2 Å². The van der Waals surface area contributed by atoms with Crippen molar-refractivity contribution < 1.29 is 23.7 Å². The van der Waals surface area contributed by atoms with Crippen LogP contribution in [0.1, 0.15) is 15.9 Å². The largest absolute Gasteiger partial charge is 0.486 e. The minimum Gasteiger partial charge on any atom is -0.486 e. The lowest BCUT2D eigenvalue weighted by Crippen LogP contribution is -2.15. The van der Waals surface area contributed by atoms with Crippen molar-refractivity contribution in [2.45, 2.75) is 0 Å². The van der Waals surface area contributed by atoms with Crippen molar-refractivity contribution in [3.05, 3.63) is 53.6 Å². The average molecular weight is 324 g/mol. The highest BCUT2D eigenvalue weighted by molar-refractivity contribution is 6.07. The second kappa shape index (κ2) is 6.28. The maximum absolute atomic E-state index is 12.4. The third kappa shape index (κ3) is 2.93. The fourth-order valence-corrected chi connectivity index (χ4v) is 2.63. The minimum absolute atomic E-state index is 0.0955. The van der Waals surface area contributed by atoms with E-state index in [0.29, 0.717) is 49.2 Å². The van der Waals surface area contributed by atoms with Gasteiger partial charge in [-0.2, -0.15) is 0 Å². The number of hydrogen-bond acceptors (Lipinski definition) is 5. The van der Waals surface area contributed by atoms with Crippen LogP contribution in [0.3, 0.4) is 0 Å². The van der Waals surface area contributed by atoms with Crippen molar-refractivity contribution >= 4 is 11.9 Å². The summed E-state index contributed by atoms with van der Waals surface area (Å²) < 4.78 is 22.0. The molecule has 0 aromatic heterocycles. The van der Waals surface area contributed by atoms with Gasteiger partial charge in [0.2, 0.25) is 0 Å². The van der Waals surface area contributed by atoms with E-state index >= 15 is 0 Å². The van der Waals surface area contributed by atoms with E-state index in [9.17, 15) is 4.79 Å². The van der Waals surface area contributed by atoms with E-state index in [0.717, 1.165) is 11.3 Å². The Morgan fingerprint density at radius 3 is 2.04 bits per heavy atom. The van der Waals surface area contributed by atoms with Crippen LogP contribution in [0, 0.1) is 0 Å². The molecule has 0 spiro atoms. The van der Waals surface area contributed by atoms with E-state index in [1.807, 2.05) is 18.2 Å². The molecule has 0 saturated heterocycles. The Morgan fingerprint density at radius 2 is 1.33 bits per heavy atom. The molecule has 0 aliphatic carbocycles. The third-order valence-corrected chi connectivity index (χ3v) is 3.82. The van der Waals surface area contributed by atoms with E-state index in [4.69, 9.17) is 18.9 Å². The van der Waals surface area contributed by atoms with Crippen LogP contribution in [-0.2, 0) is 0 Å². The van der Waals surface area contributed by atoms with Gasteiger partial charge in [0.05, 0.1) is 0 Å². The molecule has 5 nitrogen and oxygen atoms in total. The predicted molar refractivity (Wildman–Crippen MR) is 88.2 cm³/mol. The summed E-state index contributed by atoms with van der Waals surface area (Å²) in [5, 5.41) is 0. The first-order valence-electron chi connectivity index (χ1n) is 7.81. The van der Waals surface area contributed by atoms with Gasteiger partial charge in [0.25, 0.3) is 0 Å². The molecule has 0 atom stereocenters. The number of ketones is 1. The van der Waals surface area contributed by atoms with Gasteiger partial charge >= 0.3 is 0 Å². The van der Waals surface area contributed by atoms with Crippen LogP contribution in [0.2, 0.25) is 0 Å². The van der Waals surface area contributed by atoms with Crippen molar-refractivity contribution in [3.63, 3.8) is 0 Å². The van der Waals surface area contributed by atoms with Gasteiger partial charge in [0.1, 0.15) is 26.4 Å². The summed E-state index contributed by atoms with van der Waals surface area (Å²) in [6.07, 6.45) is 3.30. The van der Waals surface area contributed by atoms with Crippen molar-refractivity contribution in [1.29, 1.82) is 0 Å². The molecule has 0 amide bonds. The molecule has 5 heteroatoms. The Labute approximate surface area is 139 Å². The molecule has 2 aromatic carbocycles. The van der Waals surface area contributed by atoms with Crippen molar-refractivity contribution in [3.8, 4) is 23.0 Å². The number of rotatable bonds is 3. The van der Waals surface area contributed by atoms with Crippen LogP contribution >= 0.6 is 0 Å². The molecule has 0 fully saturated rings. The number of ether oxygens (including phenoxy) is 4. The normalized spacial score (nSPS) is 15.3. The van der Waals surface area contributed by atoms with Gasteiger partial charge in [0.15, 0.2) is 28.8 Å². The van der Waals surface area contributed by atoms with Gasteiger partial charge in [-0.3, -0.25) is 4.79 Å². The summed E-state index contributed by atoms with van der Waals surface area (Å²) in [5.74, 6) is 2.63. The maximum atomic E-state index is 12.4. The number of carbonyl (C=O) groups is 1. The number of allylic oxidation sites excluding steroid dienone is 1.